The van der Waals surface area contributed by atoms with E-state index in [1.54, 1.807) is 0 Å². The van der Waals surface area contributed by atoms with E-state index >= 15 is 0 Å². The molecule has 12 heteroatoms. The van der Waals surface area contributed by atoms with E-state index in [0.717, 1.165) is 16.7 Å². The second-order valence-corrected chi connectivity index (χ2v) is 7.61. The minimum absolute atomic E-state index is 0.278. The largest absolute Gasteiger partial charge is 0.461 e. The average molecular weight is 443 g/mol. The summed E-state index contributed by atoms with van der Waals surface area (Å²) in [5, 5.41) is -1.02. The number of halogens is 5. The van der Waals surface area contributed by atoms with Gasteiger partial charge in [-0.15, -0.1) is 0 Å². The van der Waals surface area contributed by atoms with Gasteiger partial charge in [-0.1, -0.05) is 6.07 Å². The van der Waals surface area contributed by atoms with Gasteiger partial charge in [-0.2, -0.15) is 22.0 Å². The fraction of sp³-hybridized carbons (Fsp3) is 0.471. The highest BCUT2D eigenvalue weighted by Crippen LogP contribution is 2.55. The number of fused-ring (bicyclic) bond motifs is 1. The molecular weight excluding hydrogens is 424 g/mol. The average Bonchev–Trinajstić information content (AvgIpc) is 2.98. The van der Waals surface area contributed by atoms with Crippen molar-refractivity contribution in [1.82, 2.24) is 4.40 Å². The number of aromatic nitrogens is 1. The SMILES string of the molecule is CCOC(=O)c1c(C(F)(F)C(F)(F)F)c(P(=O)(OCC)OCC)c2ccccn12. The second kappa shape index (κ2) is 8.41. The highest BCUT2D eigenvalue weighted by Gasteiger charge is 2.63. The lowest BCUT2D eigenvalue weighted by molar-refractivity contribution is -0.289. The van der Waals surface area contributed by atoms with E-state index in [4.69, 9.17) is 13.8 Å². The maximum atomic E-state index is 14.7. The smallest absolute Gasteiger partial charge is 0.458 e. The molecule has 0 amide bonds. The zero-order valence-corrected chi connectivity index (χ0v) is 16.7. The van der Waals surface area contributed by atoms with Crippen LogP contribution < -0.4 is 5.30 Å². The topological polar surface area (TPSA) is 66.2 Å². The third-order valence-electron chi connectivity index (χ3n) is 3.83. The molecule has 0 atom stereocenters. The number of carbonyl (C=O) groups excluding carboxylic acids is 1. The first kappa shape index (κ1) is 23.3. The second-order valence-electron chi connectivity index (χ2n) is 5.65. The molecule has 2 aromatic heterocycles. The van der Waals surface area contributed by atoms with Gasteiger partial charge in [0.05, 0.1) is 30.9 Å². The summed E-state index contributed by atoms with van der Waals surface area (Å²) in [6.07, 6.45) is -5.00. The number of hydrogen-bond donors (Lipinski definition) is 0. The Balaban J connectivity index is 3.08. The summed E-state index contributed by atoms with van der Waals surface area (Å²) in [6, 6.07) is 3.77. The molecule has 2 heterocycles. The quantitative estimate of drug-likeness (QED) is 0.337. The maximum Gasteiger partial charge on any atom is 0.458 e. The summed E-state index contributed by atoms with van der Waals surface area (Å²) in [7, 11) is -4.67. The predicted octanol–water partition coefficient (Wildman–Crippen LogP) is 4.66. The molecule has 29 heavy (non-hydrogen) atoms. The number of rotatable bonds is 8. The first-order chi connectivity index (χ1) is 13.5. The summed E-state index contributed by atoms with van der Waals surface area (Å²) in [6.45, 7) is 3.23. The van der Waals surface area contributed by atoms with Crippen molar-refractivity contribution in [3.63, 3.8) is 0 Å². The minimum Gasteiger partial charge on any atom is -0.461 e. The van der Waals surface area contributed by atoms with Crippen LogP contribution in [0.5, 0.6) is 0 Å². The van der Waals surface area contributed by atoms with Crippen molar-refractivity contribution in [3.05, 3.63) is 35.7 Å². The van der Waals surface area contributed by atoms with E-state index < -0.39 is 42.2 Å². The van der Waals surface area contributed by atoms with Crippen LogP contribution in [0.4, 0.5) is 22.0 Å². The van der Waals surface area contributed by atoms with Gasteiger partial charge in [-0.25, -0.2) is 4.79 Å². The molecule has 2 aromatic rings. The highest BCUT2D eigenvalue weighted by atomic mass is 31.2. The summed E-state index contributed by atoms with van der Waals surface area (Å²) in [5.74, 6) is -6.97. The zero-order chi connectivity index (χ0) is 22.0. The molecule has 6 nitrogen and oxygen atoms in total. The van der Waals surface area contributed by atoms with Crippen molar-refractivity contribution in [2.24, 2.45) is 0 Å². The van der Waals surface area contributed by atoms with E-state index in [2.05, 4.69) is 0 Å². The number of esters is 1. The lowest BCUT2D eigenvalue weighted by Crippen LogP contribution is -2.38. The summed E-state index contributed by atoms with van der Waals surface area (Å²) < 4.78 is 98.2. The van der Waals surface area contributed by atoms with Gasteiger partial charge in [0, 0.05) is 6.20 Å². The van der Waals surface area contributed by atoms with Crippen LogP contribution in [0.3, 0.4) is 0 Å². The van der Waals surface area contributed by atoms with E-state index in [0.29, 0.717) is 0 Å². The van der Waals surface area contributed by atoms with Crippen LogP contribution in [-0.2, 0) is 24.3 Å². The van der Waals surface area contributed by atoms with Crippen molar-refractivity contribution < 1.29 is 45.1 Å². The molecule has 0 aliphatic rings. The number of alkyl halides is 5. The van der Waals surface area contributed by atoms with Gasteiger partial charge in [-0.3, -0.25) is 4.57 Å². The van der Waals surface area contributed by atoms with Gasteiger partial charge < -0.3 is 18.2 Å². The third kappa shape index (κ3) is 4.04. The van der Waals surface area contributed by atoms with Gasteiger partial charge in [0.25, 0.3) is 0 Å². The third-order valence-corrected chi connectivity index (χ3v) is 6.02. The summed E-state index contributed by atoms with van der Waals surface area (Å²) >= 11 is 0. The molecule has 0 saturated carbocycles. The molecule has 0 saturated heterocycles. The summed E-state index contributed by atoms with van der Waals surface area (Å²) in [4.78, 5) is 12.4. The molecule has 0 unspecified atom stereocenters. The number of nitrogens with zero attached hydrogens (tertiary/aromatic N) is 1. The fourth-order valence-corrected chi connectivity index (χ4v) is 4.81. The number of hydrogen-bond acceptors (Lipinski definition) is 5. The maximum absolute atomic E-state index is 14.7. The minimum atomic E-state index is -6.09. The van der Waals surface area contributed by atoms with E-state index in [1.807, 2.05) is 0 Å². The van der Waals surface area contributed by atoms with Crippen LogP contribution in [0.15, 0.2) is 24.4 Å². The Hall–Kier alpha value is -1.97. The molecule has 0 radical (unpaired) electrons. The van der Waals surface area contributed by atoms with Crippen molar-refractivity contribution in [3.8, 4) is 0 Å². The van der Waals surface area contributed by atoms with Crippen LogP contribution in [0.1, 0.15) is 36.8 Å². The van der Waals surface area contributed by atoms with Crippen LogP contribution in [0.25, 0.3) is 5.52 Å². The van der Waals surface area contributed by atoms with E-state index in [9.17, 15) is 31.3 Å². The number of pyridine rings is 1. The molecule has 0 aliphatic heterocycles. The van der Waals surface area contributed by atoms with E-state index in [1.165, 1.54) is 32.9 Å². The lowest BCUT2D eigenvalue weighted by Gasteiger charge is -2.24. The van der Waals surface area contributed by atoms with Crippen molar-refractivity contribution >= 4 is 24.4 Å². The Kier molecular flexibility index (Phi) is 6.76. The standard InChI is InChI=1S/C17H19F5NO5P/c1-4-26-15(24)13-12(16(18,19)17(20,21)22)14(11-9-7-8-10-23(11)13)29(25,27-5-2)28-6-3/h7-10H,4-6H2,1-3H3. The Morgan fingerprint density at radius 2 is 1.62 bits per heavy atom. The lowest BCUT2D eigenvalue weighted by atomic mass is 10.1. The van der Waals surface area contributed by atoms with Gasteiger partial charge >= 0.3 is 25.7 Å². The van der Waals surface area contributed by atoms with Crippen LogP contribution >= 0.6 is 7.60 Å². The number of carbonyl (C=O) groups is 1. The fourth-order valence-electron chi connectivity index (χ4n) is 2.81. The Bertz CT molecular complexity index is 930. The van der Waals surface area contributed by atoms with Crippen LogP contribution in [0.2, 0.25) is 0 Å². The molecule has 0 aliphatic carbocycles. The van der Waals surface area contributed by atoms with Gasteiger partial charge in [0.2, 0.25) is 0 Å². The molecule has 0 N–H and O–H groups in total. The van der Waals surface area contributed by atoms with Crippen LogP contribution in [0, 0.1) is 0 Å². The first-order valence-corrected chi connectivity index (χ1v) is 10.1. The summed E-state index contributed by atoms with van der Waals surface area (Å²) in [5.41, 5.74) is -3.25. The van der Waals surface area contributed by atoms with Crippen LogP contribution in [-0.4, -0.2) is 36.4 Å². The normalized spacial score (nSPS) is 13.1. The molecule has 0 aromatic carbocycles. The zero-order valence-electron chi connectivity index (χ0n) is 15.8. The Labute approximate surface area is 163 Å². The molecule has 0 spiro atoms. The monoisotopic (exact) mass is 443 g/mol. The Morgan fingerprint density at radius 1 is 1.03 bits per heavy atom. The Morgan fingerprint density at radius 3 is 2.10 bits per heavy atom. The number of ether oxygens (including phenoxy) is 1. The van der Waals surface area contributed by atoms with Gasteiger partial charge in [0.15, 0.2) is 0 Å². The van der Waals surface area contributed by atoms with Crippen molar-refractivity contribution in [2.45, 2.75) is 32.9 Å². The first-order valence-electron chi connectivity index (χ1n) is 8.61. The molecule has 0 bridgehead atoms. The molecule has 162 valence electrons. The molecule has 2 rings (SSSR count). The van der Waals surface area contributed by atoms with Gasteiger partial charge in [-0.05, 0) is 32.9 Å². The van der Waals surface area contributed by atoms with Crippen molar-refractivity contribution in [1.29, 1.82) is 0 Å². The highest BCUT2D eigenvalue weighted by molar-refractivity contribution is 7.62. The molecule has 0 fully saturated rings. The van der Waals surface area contributed by atoms with Crippen molar-refractivity contribution in [2.75, 3.05) is 19.8 Å². The molecular formula is C17H19F5NO5P. The van der Waals surface area contributed by atoms with E-state index in [-0.39, 0.29) is 25.3 Å². The predicted molar refractivity (Wildman–Crippen MR) is 93.8 cm³/mol. The van der Waals surface area contributed by atoms with Gasteiger partial charge in [0.1, 0.15) is 11.0 Å².